The molecule has 0 aliphatic heterocycles. The number of ether oxygens (including phenoxy) is 1. The van der Waals surface area contributed by atoms with Gasteiger partial charge in [0.05, 0.1) is 13.2 Å². The predicted molar refractivity (Wildman–Crippen MR) is 70.8 cm³/mol. The lowest BCUT2D eigenvalue weighted by Crippen LogP contribution is -2.11. The maximum absolute atomic E-state index is 5.39. The molecule has 1 aromatic heterocycles. The first-order chi connectivity index (χ1) is 7.74. The van der Waals surface area contributed by atoms with E-state index in [2.05, 4.69) is 32.8 Å². The number of aryl methyl sites for hydroxylation is 1. The molecule has 1 N–H and O–H groups in total. The van der Waals surface area contributed by atoms with E-state index in [1.54, 1.807) is 6.20 Å². The van der Waals surface area contributed by atoms with Gasteiger partial charge in [0.15, 0.2) is 0 Å². The molecule has 1 rings (SSSR count). The monoisotopic (exact) mass is 284 g/mol. The summed E-state index contributed by atoms with van der Waals surface area (Å²) in [6, 6.07) is 2.04. The Balaban J connectivity index is 2.24. The molecule has 0 fully saturated rings. The van der Waals surface area contributed by atoms with E-state index in [4.69, 9.17) is 4.74 Å². The lowest BCUT2D eigenvalue weighted by molar-refractivity contribution is 0.149. The number of halogens is 1. The summed E-state index contributed by atoms with van der Waals surface area (Å²) in [5.41, 5.74) is 1.13. The van der Waals surface area contributed by atoms with Gasteiger partial charge < -0.3 is 10.1 Å². The van der Waals surface area contributed by atoms with Gasteiger partial charge >= 0.3 is 0 Å². The Labute approximate surface area is 105 Å². The average Bonchev–Trinajstić information content (AvgIpc) is 2.26. The standard InChI is InChI=1S/C12H17BrN2O/c1-3-4-6-16-7-5-14-12-10(2)8-11(13)9-15-12/h3,8-9H,1,4-7H2,2H3,(H,14,15). The second kappa shape index (κ2) is 7.41. The third-order valence-corrected chi connectivity index (χ3v) is 2.48. The molecule has 0 saturated carbocycles. The number of hydrogen-bond acceptors (Lipinski definition) is 3. The molecule has 0 radical (unpaired) electrons. The van der Waals surface area contributed by atoms with Gasteiger partial charge in [0.1, 0.15) is 5.82 Å². The van der Waals surface area contributed by atoms with Crippen LogP contribution in [0.25, 0.3) is 0 Å². The normalized spacial score (nSPS) is 10.1. The first-order valence-electron chi connectivity index (χ1n) is 5.28. The average molecular weight is 285 g/mol. The van der Waals surface area contributed by atoms with Crippen molar-refractivity contribution in [2.75, 3.05) is 25.1 Å². The van der Waals surface area contributed by atoms with Crippen LogP contribution in [0.2, 0.25) is 0 Å². The van der Waals surface area contributed by atoms with Crippen molar-refractivity contribution < 1.29 is 4.74 Å². The number of hydrogen-bond donors (Lipinski definition) is 1. The highest BCUT2D eigenvalue weighted by atomic mass is 79.9. The molecule has 16 heavy (non-hydrogen) atoms. The van der Waals surface area contributed by atoms with Crippen molar-refractivity contribution in [3.8, 4) is 0 Å². The van der Waals surface area contributed by atoms with Crippen molar-refractivity contribution in [3.05, 3.63) is 35.0 Å². The Hall–Kier alpha value is -0.870. The van der Waals surface area contributed by atoms with Crippen LogP contribution in [0, 0.1) is 6.92 Å². The van der Waals surface area contributed by atoms with Crippen molar-refractivity contribution in [1.29, 1.82) is 0 Å². The topological polar surface area (TPSA) is 34.1 Å². The zero-order chi connectivity index (χ0) is 11.8. The van der Waals surface area contributed by atoms with Crippen LogP contribution in [0.3, 0.4) is 0 Å². The number of pyridine rings is 1. The highest BCUT2D eigenvalue weighted by molar-refractivity contribution is 9.10. The predicted octanol–water partition coefficient (Wildman–Crippen LogP) is 3.16. The minimum absolute atomic E-state index is 0.686. The van der Waals surface area contributed by atoms with Gasteiger partial charge in [-0.2, -0.15) is 0 Å². The van der Waals surface area contributed by atoms with E-state index in [0.717, 1.165) is 35.4 Å². The minimum atomic E-state index is 0.686. The number of nitrogens with zero attached hydrogens (tertiary/aromatic N) is 1. The van der Waals surface area contributed by atoms with E-state index in [-0.39, 0.29) is 0 Å². The van der Waals surface area contributed by atoms with E-state index in [1.807, 2.05) is 19.1 Å². The van der Waals surface area contributed by atoms with Gasteiger partial charge in [-0.1, -0.05) is 6.08 Å². The summed E-state index contributed by atoms with van der Waals surface area (Å²) in [5, 5.41) is 3.23. The smallest absolute Gasteiger partial charge is 0.128 e. The van der Waals surface area contributed by atoms with Gasteiger partial charge in [0, 0.05) is 17.2 Å². The van der Waals surface area contributed by atoms with Gasteiger partial charge in [-0.25, -0.2) is 4.98 Å². The number of anilines is 1. The second-order valence-corrected chi connectivity index (χ2v) is 4.35. The fraction of sp³-hybridized carbons (Fsp3) is 0.417. The summed E-state index contributed by atoms with van der Waals surface area (Å²) >= 11 is 3.38. The third-order valence-electron chi connectivity index (χ3n) is 2.05. The Kier molecular flexibility index (Phi) is 6.11. The Morgan fingerprint density at radius 3 is 3.06 bits per heavy atom. The molecule has 0 aromatic carbocycles. The lowest BCUT2D eigenvalue weighted by atomic mass is 10.3. The van der Waals surface area contributed by atoms with Crippen molar-refractivity contribution in [2.24, 2.45) is 0 Å². The quantitative estimate of drug-likeness (QED) is 0.617. The second-order valence-electron chi connectivity index (χ2n) is 3.44. The number of aromatic nitrogens is 1. The Morgan fingerprint density at radius 1 is 1.56 bits per heavy atom. The molecular formula is C12H17BrN2O. The van der Waals surface area contributed by atoms with Crippen molar-refractivity contribution in [2.45, 2.75) is 13.3 Å². The van der Waals surface area contributed by atoms with E-state index >= 15 is 0 Å². The van der Waals surface area contributed by atoms with E-state index < -0.39 is 0 Å². The fourth-order valence-electron chi connectivity index (χ4n) is 1.24. The summed E-state index contributed by atoms with van der Waals surface area (Å²) in [7, 11) is 0. The molecule has 0 unspecified atom stereocenters. The van der Waals surface area contributed by atoms with Crippen LogP contribution in [0.4, 0.5) is 5.82 Å². The highest BCUT2D eigenvalue weighted by Gasteiger charge is 1.99. The van der Waals surface area contributed by atoms with E-state index in [9.17, 15) is 0 Å². The Morgan fingerprint density at radius 2 is 2.38 bits per heavy atom. The number of nitrogens with one attached hydrogen (secondary N) is 1. The van der Waals surface area contributed by atoms with E-state index in [1.165, 1.54) is 0 Å². The SMILES string of the molecule is C=CCCOCCNc1ncc(Br)cc1C. The molecule has 88 valence electrons. The van der Waals surface area contributed by atoms with Crippen LogP contribution in [0.1, 0.15) is 12.0 Å². The number of rotatable bonds is 7. The molecule has 1 aromatic rings. The van der Waals surface area contributed by atoms with Gasteiger partial charge in [-0.3, -0.25) is 0 Å². The Bertz CT molecular complexity index is 342. The fourth-order valence-corrected chi connectivity index (χ4v) is 1.68. The zero-order valence-corrected chi connectivity index (χ0v) is 11.1. The molecular weight excluding hydrogens is 268 g/mol. The zero-order valence-electron chi connectivity index (χ0n) is 9.50. The van der Waals surface area contributed by atoms with Crippen LogP contribution >= 0.6 is 15.9 Å². The maximum Gasteiger partial charge on any atom is 0.128 e. The van der Waals surface area contributed by atoms with Gasteiger partial charge in [0.25, 0.3) is 0 Å². The lowest BCUT2D eigenvalue weighted by Gasteiger charge is -2.08. The summed E-state index contributed by atoms with van der Waals surface area (Å²) in [6.45, 7) is 7.85. The van der Waals surface area contributed by atoms with Crippen molar-refractivity contribution >= 4 is 21.7 Å². The first kappa shape index (κ1) is 13.2. The van der Waals surface area contributed by atoms with Crippen LogP contribution in [0.15, 0.2) is 29.4 Å². The van der Waals surface area contributed by atoms with E-state index in [0.29, 0.717) is 6.61 Å². The molecule has 3 nitrogen and oxygen atoms in total. The molecule has 0 amide bonds. The molecule has 0 aliphatic carbocycles. The summed E-state index contributed by atoms with van der Waals surface area (Å²) < 4.78 is 6.39. The molecule has 0 bridgehead atoms. The van der Waals surface area contributed by atoms with Crippen LogP contribution in [0.5, 0.6) is 0 Å². The summed E-state index contributed by atoms with van der Waals surface area (Å²) in [6.07, 6.45) is 4.54. The van der Waals surface area contributed by atoms with Gasteiger partial charge in [-0.05, 0) is 40.9 Å². The summed E-state index contributed by atoms with van der Waals surface area (Å²) in [4.78, 5) is 4.28. The van der Waals surface area contributed by atoms with Crippen molar-refractivity contribution in [1.82, 2.24) is 4.98 Å². The van der Waals surface area contributed by atoms with Crippen LogP contribution < -0.4 is 5.32 Å². The largest absolute Gasteiger partial charge is 0.379 e. The van der Waals surface area contributed by atoms with Crippen LogP contribution in [-0.4, -0.2) is 24.7 Å². The maximum atomic E-state index is 5.39. The molecule has 1 heterocycles. The molecule has 4 heteroatoms. The first-order valence-corrected chi connectivity index (χ1v) is 6.08. The molecule has 0 spiro atoms. The highest BCUT2D eigenvalue weighted by Crippen LogP contribution is 2.16. The van der Waals surface area contributed by atoms with Gasteiger partial charge in [-0.15, -0.1) is 6.58 Å². The molecule has 0 aliphatic rings. The van der Waals surface area contributed by atoms with Gasteiger partial charge in [0.2, 0.25) is 0 Å². The molecule has 0 atom stereocenters. The minimum Gasteiger partial charge on any atom is -0.379 e. The third kappa shape index (κ3) is 4.77. The molecule has 0 saturated heterocycles. The summed E-state index contributed by atoms with van der Waals surface area (Å²) in [5.74, 6) is 0.913. The van der Waals surface area contributed by atoms with Crippen LogP contribution in [-0.2, 0) is 4.74 Å². The van der Waals surface area contributed by atoms with Crippen molar-refractivity contribution in [3.63, 3.8) is 0 Å².